The van der Waals surface area contributed by atoms with Gasteiger partial charge in [0.1, 0.15) is 0 Å². The summed E-state index contributed by atoms with van der Waals surface area (Å²) in [6.45, 7) is 5.76. The van der Waals surface area contributed by atoms with Gasteiger partial charge in [-0.2, -0.15) is 0 Å². The van der Waals surface area contributed by atoms with Crippen LogP contribution < -0.4 is 5.11 Å². The molecule has 0 aliphatic heterocycles. The Hall–Kier alpha value is -2.82. The number of nitro benzene ring substituents is 1. The monoisotopic (exact) mass is 283 g/mol. The Bertz CT molecular complexity index is 707. The second kappa shape index (κ2) is 5.28. The normalized spacial score (nSPS) is 13.4. The van der Waals surface area contributed by atoms with Gasteiger partial charge in [0, 0.05) is 28.8 Å². The van der Waals surface area contributed by atoms with E-state index >= 15 is 0 Å². The van der Waals surface area contributed by atoms with Gasteiger partial charge in [0.2, 0.25) is 0 Å². The minimum atomic E-state index is -1.30. The van der Waals surface area contributed by atoms with Crippen LogP contribution in [0.1, 0.15) is 28.4 Å². The topological polar surface area (TPSA) is 83.3 Å². The molecule has 0 saturated carbocycles. The van der Waals surface area contributed by atoms with E-state index in [4.69, 9.17) is 0 Å². The molecule has 0 aromatic heterocycles. The van der Waals surface area contributed by atoms with Crippen LogP contribution in [0.4, 0.5) is 5.69 Å². The summed E-state index contributed by atoms with van der Waals surface area (Å²) in [7, 11) is 0. The number of aromatic carboxylic acids is 1. The minimum absolute atomic E-state index is 0.0292. The number of nitro groups is 1. The minimum Gasteiger partial charge on any atom is -0.545 e. The van der Waals surface area contributed by atoms with Gasteiger partial charge in [-0.05, 0) is 6.92 Å². The number of nitrogens with zero attached hydrogens (tertiary/aromatic N) is 1. The van der Waals surface area contributed by atoms with E-state index in [-0.39, 0.29) is 11.3 Å². The lowest BCUT2D eigenvalue weighted by Gasteiger charge is -2.22. The second-order valence-electron chi connectivity index (χ2n) is 4.97. The maximum absolute atomic E-state index is 11.2. The first-order chi connectivity index (χ1) is 9.84. The van der Waals surface area contributed by atoms with E-state index in [0.29, 0.717) is 11.1 Å². The van der Waals surface area contributed by atoms with Crippen molar-refractivity contribution in [2.45, 2.75) is 12.3 Å². The molecule has 2 rings (SSSR count). The molecule has 1 atom stereocenters. The summed E-state index contributed by atoms with van der Waals surface area (Å²) in [5.74, 6) is -1.30. The summed E-state index contributed by atoms with van der Waals surface area (Å²) in [6, 6.07) is 12.4. The zero-order valence-electron chi connectivity index (χ0n) is 11.4. The van der Waals surface area contributed by atoms with Crippen LogP contribution in [-0.4, -0.2) is 10.9 Å². The van der Waals surface area contributed by atoms with E-state index in [1.54, 1.807) is 37.3 Å². The van der Waals surface area contributed by atoms with Crippen LogP contribution in [0.25, 0.3) is 0 Å². The molecule has 5 nitrogen and oxygen atoms in total. The van der Waals surface area contributed by atoms with Gasteiger partial charge in [-0.1, -0.05) is 36.4 Å². The lowest BCUT2D eigenvalue weighted by Crippen LogP contribution is -2.29. The van der Waals surface area contributed by atoms with Gasteiger partial charge in [-0.3, -0.25) is 10.1 Å². The molecule has 0 aliphatic carbocycles. The van der Waals surface area contributed by atoms with Gasteiger partial charge >= 0.3 is 0 Å². The Balaban J connectivity index is 2.59. The number of non-ortho nitro benzene ring substituents is 1. The van der Waals surface area contributed by atoms with E-state index in [9.17, 15) is 20.0 Å². The lowest BCUT2D eigenvalue weighted by molar-refractivity contribution is -0.384. The number of rotatable bonds is 4. The van der Waals surface area contributed by atoms with Gasteiger partial charge in [0.25, 0.3) is 5.69 Å². The molecule has 0 saturated heterocycles. The number of carboxylic acids is 1. The van der Waals surface area contributed by atoms with Crippen molar-refractivity contribution in [1.29, 1.82) is 0 Å². The molecule has 2 aromatic carbocycles. The Morgan fingerprint density at radius 3 is 2.48 bits per heavy atom. The molecule has 0 spiro atoms. The van der Waals surface area contributed by atoms with E-state index in [2.05, 4.69) is 6.92 Å². The molecular formula is C16H13NO4. The third kappa shape index (κ3) is 2.72. The van der Waals surface area contributed by atoms with Crippen molar-refractivity contribution in [1.82, 2.24) is 0 Å². The number of hydrogen-bond acceptors (Lipinski definition) is 4. The molecule has 1 unspecified atom stereocenters. The number of carbonyl (C=O) groups excluding carboxylic acids is 1. The molecule has 0 radical (unpaired) electrons. The molecule has 0 heterocycles. The molecule has 0 N–H and O–H groups in total. The number of hydrogen-bond donors (Lipinski definition) is 0. The quantitative estimate of drug-likeness (QED) is 0.488. The average Bonchev–Trinajstić information content (AvgIpc) is 2.47. The maximum Gasteiger partial charge on any atom is 0.269 e. The highest BCUT2D eigenvalue weighted by Gasteiger charge is 2.34. The molecule has 21 heavy (non-hydrogen) atoms. The summed E-state index contributed by atoms with van der Waals surface area (Å²) in [5, 5.41) is 22.1. The molecule has 0 fully saturated rings. The van der Waals surface area contributed by atoms with Crippen LogP contribution in [-0.2, 0) is 5.41 Å². The highest BCUT2D eigenvalue weighted by molar-refractivity contribution is 5.88. The van der Waals surface area contributed by atoms with Gasteiger partial charge in [0.15, 0.2) is 5.41 Å². The van der Waals surface area contributed by atoms with Crippen molar-refractivity contribution in [2.24, 2.45) is 0 Å². The summed E-state index contributed by atoms with van der Waals surface area (Å²) >= 11 is 0. The molecule has 2 aromatic rings. The third-order valence-electron chi connectivity index (χ3n) is 3.44. The van der Waals surface area contributed by atoms with Crippen LogP contribution in [0.5, 0.6) is 0 Å². The predicted octanol–water partition coefficient (Wildman–Crippen LogP) is 2.10. The molecule has 0 aliphatic rings. The average molecular weight is 283 g/mol. The highest BCUT2D eigenvalue weighted by Crippen LogP contribution is 2.34. The van der Waals surface area contributed by atoms with Crippen molar-refractivity contribution >= 4 is 11.7 Å². The van der Waals surface area contributed by atoms with Crippen molar-refractivity contribution in [3.63, 3.8) is 0 Å². The number of benzene rings is 2. The zero-order valence-corrected chi connectivity index (χ0v) is 11.4. The van der Waals surface area contributed by atoms with Gasteiger partial charge in [-0.25, -0.2) is 0 Å². The molecule has 5 heteroatoms. The molecule has 106 valence electrons. The maximum atomic E-state index is 11.2. The van der Waals surface area contributed by atoms with Crippen molar-refractivity contribution < 1.29 is 14.8 Å². The Labute approximate surface area is 122 Å². The highest BCUT2D eigenvalue weighted by atomic mass is 16.6. The number of carboxylic acid groups (broad SMARTS) is 1. The zero-order chi connectivity index (χ0) is 15.6. The first-order valence-electron chi connectivity index (χ1n) is 6.25. The summed E-state index contributed by atoms with van der Waals surface area (Å²) < 4.78 is 0. The van der Waals surface area contributed by atoms with E-state index < -0.39 is 16.3 Å². The van der Waals surface area contributed by atoms with Crippen LogP contribution in [0.2, 0.25) is 0 Å². The Morgan fingerprint density at radius 2 is 1.86 bits per heavy atom. The van der Waals surface area contributed by atoms with Crippen molar-refractivity contribution in [3.8, 4) is 0 Å². The smallest absolute Gasteiger partial charge is 0.269 e. The standard InChI is InChI=1S/C16H13NO4/c1-16(2,11-6-5-7-12(10-11)17(20)21)14-9-4-3-8-13(14)15(18)19/h3-10H,1H2,2H3. The van der Waals surface area contributed by atoms with Crippen LogP contribution in [0.3, 0.4) is 0 Å². The molecule has 0 bridgehead atoms. The number of carbonyl (C=O) groups is 1. The molecule has 0 amide bonds. The first kappa shape index (κ1) is 14.6. The first-order valence-corrected chi connectivity index (χ1v) is 6.25. The van der Waals surface area contributed by atoms with Crippen molar-refractivity contribution in [2.75, 3.05) is 0 Å². The van der Waals surface area contributed by atoms with Gasteiger partial charge < -0.3 is 9.90 Å². The van der Waals surface area contributed by atoms with Crippen LogP contribution >= 0.6 is 0 Å². The van der Waals surface area contributed by atoms with Crippen molar-refractivity contribution in [3.05, 3.63) is 82.3 Å². The third-order valence-corrected chi connectivity index (χ3v) is 3.44. The molecular weight excluding hydrogens is 270 g/mol. The fourth-order valence-corrected chi connectivity index (χ4v) is 2.26. The fourth-order valence-electron chi connectivity index (χ4n) is 2.26. The Kier molecular flexibility index (Phi) is 3.67. The Morgan fingerprint density at radius 1 is 1.19 bits per heavy atom. The van der Waals surface area contributed by atoms with Gasteiger partial charge in [-0.15, -0.1) is 0 Å². The predicted molar refractivity (Wildman–Crippen MR) is 75.7 cm³/mol. The van der Waals surface area contributed by atoms with Crippen LogP contribution in [0, 0.1) is 17.0 Å². The fraction of sp³-hybridized carbons (Fsp3) is 0.125. The largest absolute Gasteiger partial charge is 0.545 e. The van der Waals surface area contributed by atoms with Gasteiger partial charge in [0.05, 0.1) is 17.8 Å². The summed E-state index contributed by atoms with van der Waals surface area (Å²) in [5.41, 5.74) is 0.0357. The summed E-state index contributed by atoms with van der Waals surface area (Å²) in [4.78, 5) is 21.6. The summed E-state index contributed by atoms with van der Waals surface area (Å²) in [6.07, 6.45) is 0. The van der Waals surface area contributed by atoms with E-state index in [1.165, 1.54) is 18.2 Å². The second-order valence-corrected chi connectivity index (χ2v) is 4.97. The van der Waals surface area contributed by atoms with Crippen LogP contribution in [0.15, 0.2) is 48.5 Å². The van der Waals surface area contributed by atoms with E-state index in [0.717, 1.165) is 0 Å². The lowest BCUT2D eigenvalue weighted by atomic mass is 9.76. The SMILES string of the molecule is [CH2+]C(C)(c1cccc([N+](=O)[O-])c1)c1ccccc1C(=O)[O-]. The van der Waals surface area contributed by atoms with E-state index in [1.807, 2.05) is 0 Å².